The summed E-state index contributed by atoms with van der Waals surface area (Å²) in [6, 6.07) is 4.47. The molecule has 2 atom stereocenters. The summed E-state index contributed by atoms with van der Waals surface area (Å²) in [7, 11) is 0. The maximum atomic E-state index is 6.57. The Bertz CT molecular complexity index is 510. The fraction of sp³-hybridized carbons (Fsp3) is 0.500. The van der Waals surface area contributed by atoms with Crippen molar-refractivity contribution in [3.8, 4) is 0 Å². The van der Waals surface area contributed by atoms with Crippen LogP contribution in [0.1, 0.15) is 42.9 Å². The van der Waals surface area contributed by atoms with Crippen molar-refractivity contribution in [1.82, 2.24) is 5.32 Å². The van der Waals surface area contributed by atoms with Gasteiger partial charge in [0.2, 0.25) is 0 Å². The Morgan fingerprint density at radius 2 is 2.21 bits per heavy atom. The molecule has 1 heterocycles. The van der Waals surface area contributed by atoms with Crippen molar-refractivity contribution in [1.29, 1.82) is 0 Å². The predicted octanol–water partition coefficient (Wildman–Crippen LogP) is 4.43. The quantitative estimate of drug-likeness (QED) is 0.808. The van der Waals surface area contributed by atoms with Crippen molar-refractivity contribution < 1.29 is 0 Å². The summed E-state index contributed by atoms with van der Waals surface area (Å²) in [5.41, 5.74) is 4.45. The van der Waals surface area contributed by atoms with Crippen LogP contribution >= 0.6 is 24.0 Å². The molecule has 0 unspecified atom stereocenters. The van der Waals surface area contributed by atoms with E-state index in [1.807, 2.05) is 6.92 Å². The molecule has 0 aromatic heterocycles. The molecule has 1 saturated heterocycles. The van der Waals surface area contributed by atoms with E-state index in [-0.39, 0.29) is 12.4 Å². The zero-order valence-electron chi connectivity index (χ0n) is 11.5. The summed E-state index contributed by atoms with van der Waals surface area (Å²) in [4.78, 5) is 0. The molecule has 0 bridgehead atoms. The molecule has 1 fully saturated rings. The summed E-state index contributed by atoms with van der Waals surface area (Å²) in [5, 5.41) is 4.52. The van der Waals surface area contributed by atoms with Gasteiger partial charge in [-0.25, -0.2) is 0 Å². The molecule has 1 N–H and O–H groups in total. The van der Waals surface area contributed by atoms with E-state index in [0.29, 0.717) is 11.3 Å². The van der Waals surface area contributed by atoms with Gasteiger partial charge in [-0.3, -0.25) is 0 Å². The molecule has 0 saturated carbocycles. The Morgan fingerprint density at radius 1 is 1.42 bits per heavy atom. The first kappa shape index (κ1) is 14.9. The van der Waals surface area contributed by atoms with Crippen molar-refractivity contribution >= 4 is 30.1 Å². The Morgan fingerprint density at radius 3 is 2.95 bits per heavy atom. The third-order valence-electron chi connectivity index (χ3n) is 4.70. The van der Waals surface area contributed by atoms with Gasteiger partial charge in [0.25, 0.3) is 0 Å². The maximum absolute atomic E-state index is 6.57. The molecule has 19 heavy (non-hydrogen) atoms. The fourth-order valence-electron chi connectivity index (χ4n) is 3.57. The number of rotatable bonds is 1. The molecule has 1 aliphatic heterocycles. The van der Waals surface area contributed by atoms with Gasteiger partial charge in [0.15, 0.2) is 0 Å². The molecule has 1 aromatic rings. The van der Waals surface area contributed by atoms with Gasteiger partial charge in [0.1, 0.15) is 0 Å². The summed E-state index contributed by atoms with van der Waals surface area (Å²) in [6.07, 6.45) is 6.52. The van der Waals surface area contributed by atoms with Crippen LogP contribution in [0, 0.1) is 5.41 Å². The predicted molar refractivity (Wildman–Crippen MR) is 85.4 cm³/mol. The monoisotopic (exact) mass is 297 g/mol. The minimum Gasteiger partial charge on any atom is -0.316 e. The van der Waals surface area contributed by atoms with Gasteiger partial charge in [-0.2, -0.15) is 0 Å². The van der Waals surface area contributed by atoms with Crippen LogP contribution in [0.5, 0.6) is 0 Å². The lowest BCUT2D eigenvalue weighted by molar-refractivity contribution is 0.277. The Balaban J connectivity index is 0.00000133. The molecule has 1 aromatic carbocycles. The van der Waals surface area contributed by atoms with E-state index in [1.165, 1.54) is 17.5 Å². The van der Waals surface area contributed by atoms with E-state index >= 15 is 0 Å². The van der Waals surface area contributed by atoms with Crippen molar-refractivity contribution in [3.63, 3.8) is 0 Å². The highest BCUT2D eigenvalue weighted by Gasteiger charge is 2.43. The second-order valence-electron chi connectivity index (χ2n) is 5.87. The lowest BCUT2D eigenvalue weighted by atomic mass is 9.67. The zero-order chi connectivity index (χ0) is 12.8. The van der Waals surface area contributed by atoms with Crippen LogP contribution in [0.2, 0.25) is 5.02 Å². The summed E-state index contributed by atoms with van der Waals surface area (Å²) >= 11 is 6.57. The highest BCUT2D eigenvalue weighted by atomic mass is 35.5. The average Bonchev–Trinajstić information content (AvgIpc) is 2.75. The van der Waals surface area contributed by atoms with Crippen LogP contribution in [0.3, 0.4) is 0 Å². The third kappa shape index (κ3) is 2.33. The number of halogens is 2. The van der Waals surface area contributed by atoms with Crippen molar-refractivity contribution in [2.45, 2.75) is 32.6 Å². The van der Waals surface area contributed by atoms with E-state index in [2.05, 4.69) is 36.5 Å². The molecule has 1 aliphatic carbocycles. The van der Waals surface area contributed by atoms with Gasteiger partial charge in [0.05, 0.1) is 5.02 Å². The summed E-state index contributed by atoms with van der Waals surface area (Å²) in [6.45, 7) is 6.69. The van der Waals surface area contributed by atoms with Gasteiger partial charge >= 0.3 is 0 Å². The van der Waals surface area contributed by atoms with E-state index in [1.54, 1.807) is 0 Å². The molecule has 2 aliphatic rings. The topological polar surface area (TPSA) is 12.0 Å². The van der Waals surface area contributed by atoms with Gasteiger partial charge in [0, 0.05) is 19.0 Å². The number of allylic oxidation sites excluding steroid dienone is 1. The van der Waals surface area contributed by atoms with E-state index in [9.17, 15) is 0 Å². The van der Waals surface area contributed by atoms with Crippen LogP contribution in [-0.4, -0.2) is 13.1 Å². The minimum absolute atomic E-state index is 0. The highest BCUT2D eigenvalue weighted by Crippen LogP contribution is 2.49. The van der Waals surface area contributed by atoms with Crippen LogP contribution in [0.15, 0.2) is 18.2 Å². The molecule has 3 heteroatoms. The van der Waals surface area contributed by atoms with E-state index < -0.39 is 0 Å². The largest absolute Gasteiger partial charge is 0.316 e. The Kier molecular flexibility index (Phi) is 4.29. The molecule has 0 radical (unpaired) electrons. The average molecular weight is 298 g/mol. The number of benzene rings is 1. The highest BCUT2D eigenvalue weighted by molar-refractivity contribution is 6.33. The first-order valence-corrected chi connectivity index (χ1v) is 7.18. The Hall–Kier alpha value is -0.500. The second kappa shape index (κ2) is 5.47. The second-order valence-corrected chi connectivity index (χ2v) is 6.25. The van der Waals surface area contributed by atoms with Gasteiger partial charge in [-0.1, -0.05) is 42.8 Å². The molecule has 0 amide bonds. The van der Waals surface area contributed by atoms with Crippen LogP contribution in [-0.2, 0) is 6.42 Å². The van der Waals surface area contributed by atoms with E-state index in [0.717, 1.165) is 30.1 Å². The smallest absolute Gasteiger partial charge is 0.0513 e. The lowest BCUT2D eigenvalue weighted by Gasteiger charge is -2.37. The molecule has 1 nitrogen and oxygen atoms in total. The number of hydrogen-bond acceptors (Lipinski definition) is 1. The standard InChI is InChI=1S/C16H20ClN.ClH/c1-3-4-11-5-6-12-13(15(11)17)7-8-16(2)10-18-9-14(12)16;/h3-6,14,18H,7-10H2,1-2H3;1H/b4-3-;/t14-,16-;/m0./s1. The van der Waals surface area contributed by atoms with E-state index in [4.69, 9.17) is 11.6 Å². The maximum Gasteiger partial charge on any atom is 0.0513 e. The molecular formula is C16H21Cl2N. The van der Waals surface area contributed by atoms with Crippen molar-refractivity contribution in [3.05, 3.63) is 39.9 Å². The number of nitrogens with one attached hydrogen (secondary N) is 1. The minimum atomic E-state index is 0. The van der Waals surface area contributed by atoms with Crippen LogP contribution in [0.4, 0.5) is 0 Å². The van der Waals surface area contributed by atoms with Crippen LogP contribution in [0.25, 0.3) is 6.08 Å². The molecule has 3 rings (SSSR count). The van der Waals surface area contributed by atoms with Crippen molar-refractivity contribution in [2.24, 2.45) is 5.41 Å². The zero-order valence-corrected chi connectivity index (χ0v) is 13.1. The van der Waals surface area contributed by atoms with Crippen molar-refractivity contribution in [2.75, 3.05) is 13.1 Å². The lowest BCUT2D eigenvalue weighted by Crippen LogP contribution is -2.30. The first-order valence-electron chi connectivity index (χ1n) is 6.80. The Labute approximate surface area is 126 Å². The molecule has 104 valence electrons. The SMILES string of the molecule is C/C=C\c1ccc2c(c1Cl)CC[C@@]1(C)CNC[C@@H]21.Cl. The first-order chi connectivity index (χ1) is 8.65. The normalized spacial score (nSPS) is 28.9. The molecular weight excluding hydrogens is 277 g/mol. The number of hydrogen-bond donors (Lipinski definition) is 1. The molecule has 0 spiro atoms. The number of fused-ring (bicyclic) bond motifs is 3. The van der Waals surface area contributed by atoms with Gasteiger partial charge < -0.3 is 5.32 Å². The van der Waals surface area contributed by atoms with Crippen LogP contribution < -0.4 is 5.32 Å². The van der Waals surface area contributed by atoms with Gasteiger partial charge in [-0.15, -0.1) is 12.4 Å². The third-order valence-corrected chi connectivity index (χ3v) is 5.14. The van der Waals surface area contributed by atoms with Gasteiger partial charge in [-0.05, 0) is 41.9 Å². The summed E-state index contributed by atoms with van der Waals surface area (Å²) < 4.78 is 0. The summed E-state index contributed by atoms with van der Waals surface area (Å²) in [5.74, 6) is 0.637. The fourth-order valence-corrected chi connectivity index (χ4v) is 3.90.